The maximum atomic E-state index is 8.20. The van der Waals surface area contributed by atoms with E-state index in [9.17, 15) is 0 Å². The molecule has 0 N–H and O–H groups in total. The average Bonchev–Trinajstić information content (AvgIpc) is 3.45. The van der Waals surface area contributed by atoms with Crippen molar-refractivity contribution in [1.29, 1.82) is 0 Å². The molecule has 1 aromatic heterocycles. The molecule has 0 atom stereocenters. The van der Waals surface area contributed by atoms with Gasteiger partial charge in [0.1, 0.15) is 0 Å². The fourth-order valence-electron chi connectivity index (χ4n) is 6.82. The Kier molecular flexibility index (Phi) is 5.03. The Morgan fingerprint density at radius 1 is 0.395 bits per heavy atom. The summed E-state index contributed by atoms with van der Waals surface area (Å²) < 4.78 is 18.6. The number of hydrogen-bond acceptors (Lipinski definition) is 1. The molecule has 200 valence electrons. The minimum atomic E-state index is 0.532. The first-order chi connectivity index (χ1) is 22.1. The monoisotopic (exact) mass is 564 g/mol. The van der Waals surface area contributed by atoms with Gasteiger partial charge in [0.15, 0.2) is 0 Å². The zero-order valence-corrected chi connectivity index (χ0v) is 24.1. The third-order valence-corrected chi connectivity index (χ3v) is 9.83. The van der Waals surface area contributed by atoms with E-state index < -0.39 is 0 Å². The topological polar surface area (TPSA) is 0 Å². The molecule has 0 bridgehead atoms. The second-order valence-electron chi connectivity index (χ2n) is 11.1. The molecule has 0 aliphatic carbocycles. The Labute approximate surface area is 256 Å². The maximum Gasteiger partial charge on any atom is 0.0623 e. The van der Waals surface area contributed by atoms with Crippen LogP contribution in [0, 0.1) is 0 Å². The van der Waals surface area contributed by atoms with Gasteiger partial charge in [-0.15, -0.1) is 11.3 Å². The van der Waals surface area contributed by atoms with E-state index in [1.54, 1.807) is 11.3 Å². The summed E-state index contributed by atoms with van der Waals surface area (Å²) in [6.07, 6.45) is 0. The largest absolute Gasteiger partial charge is 0.135 e. The van der Waals surface area contributed by atoms with E-state index >= 15 is 0 Å². The minimum Gasteiger partial charge on any atom is -0.135 e. The Morgan fingerprint density at radius 3 is 1.86 bits per heavy atom. The van der Waals surface area contributed by atoms with Crippen LogP contribution in [-0.2, 0) is 0 Å². The molecule has 0 aliphatic rings. The number of hydrogen-bond donors (Lipinski definition) is 0. The van der Waals surface area contributed by atoms with Crippen molar-refractivity contribution in [3.05, 3.63) is 158 Å². The van der Waals surface area contributed by atoms with Crippen LogP contribution in [0.1, 0.15) is 2.74 Å². The van der Waals surface area contributed by atoms with Crippen LogP contribution >= 0.6 is 11.3 Å². The van der Waals surface area contributed by atoms with Crippen LogP contribution in [0.5, 0.6) is 0 Å². The van der Waals surface area contributed by atoms with Crippen LogP contribution in [0.2, 0.25) is 0 Å². The lowest BCUT2D eigenvalue weighted by molar-refractivity contribution is 1.63. The Bertz CT molecular complexity index is 2570. The van der Waals surface area contributed by atoms with Gasteiger partial charge in [-0.1, -0.05) is 133 Å². The van der Waals surface area contributed by atoms with Gasteiger partial charge in [0, 0.05) is 20.2 Å². The summed E-state index contributed by atoms with van der Waals surface area (Å²) in [4.78, 5) is 0. The molecule has 9 rings (SSSR count). The first-order valence-electron chi connectivity index (χ1n) is 15.6. The third-order valence-electron chi connectivity index (χ3n) is 8.71. The van der Waals surface area contributed by atoms with Crippen LogP contribution in [0.3, 0.4) is 0 Å². The van der Waals surface area contributed by atoms with Gasteiger partial charge in [-0.05, 0) is 90.0 Å². The summed E-state index contributed by atoms with van der Waals surface area (Å²) >= 11 is 1.77. The van der Waals surface area contributed by atoms with Crippen LogP contribution < -0.4 is 0 Å². The van der Waals surface area contributed by atoms with Gasteiger partial charge in [-0.2, -0.15) is 0 Å². The Hall–Kier alpha value is -5.24. The van der Waals surface area contributed by atoms with Crippen molar-refractivity contribution in [2.45, 2.75) is 0 Å². The fraction of sp³-hybridized carbons (Fsp3) is 0. The molecule has 0 spiro atoms. The quantitative estimate of drug-likeness (QED) is 0.187. The lowest BCUT2D eigenvalue weighted by Crippen LogP contribution is -1.91. The molecule has 0 amide bonds. The second kappa shape index (κ2) is 9.66. The lowest BCUT2D eigenvalue weighted by Gasteiger charge is -2.19. The molecule has 1 heterocycles. The fourth-order valence-corrected chi connectivity index (χ4v) is 7.93. The van der Waals surface area contributed by atoms with Gasteiger partial charge in [-0.25, -0.2) is 0 Å². The number of benzene rings is 8. The van der Waals surface area contributed by atoms with E-state index in [-0.39, 0.29) is 0 Å². The molecule has 0 saturated carbocycles. The van der Waals surface area contributed by atoms with E-state index in [1.807, 2.05) is 30.3 Å². The van der Waals surface area contributed by atoms with Crippen molar-refractivity contribution in [3.8, 4) is 33.4 Å². The summed E-state index contributed by atoms with van der Waals surface area (Å²) in [5, 5.41) is 9.63. The highest BCUT2D eigenvalue weighted by Gasteiger charge is 2.19. The molecule has 0 radical (unpaired) electrons. The van der Waals surface area contributed by atoms with Gasteiger partial charge >= 0.3 is 0 Å². The van der Waals surface area contributed by atoms with Crippen molar-refractivity contribution < 1.29 is 2.74 Å². The molecule has 9 aromatic rings. The first-order valence-corrected chi connectivity index (χ1v) is 15.4. The smallest absolute Gasteiger partial charge is 0.0623 e. The second-order valence-corrected chi connectivity index (χ2v) is 12.2. The van der Waals surface area contributed by atoms with Crippen molar-refractivity contribution in [1.82, 2.24) is 0 Å². The van der Waals surface area contributed by atoms with Crippen molar-refractivity contribution in [2.24, 2.45) is 0 Å². The molecule has 43 heavy (non-hydrogen) atoms. The van der Waals surface area contributed by atoms with Crippen LogP contribution in [-0.4, -0.2) is 0 Å². The Morgan fingerprint density at radius 2 is 1.05 bits per heavy atom. The number of fused-ring (bicyclic) bond motifs is 6. The highest BCUT2D eigenvalue weighted by Crippen LogP contribution is 2.48. The third kappa shape index (κ3) is 3.82. The molecule has 0 fully saturated rings. The van der Waals surface area contributed by atoms with Gasteiger partial charge in [0.25, 0.3) is 0 Å². The number of rotatable bonds is 3. The zero-order chi connectivity index (χ0) is 30.1. The van der Waals surface area contributed by atoms with Crippen molar-refractivity contribution in [2.75, 3.05) is 0 Å². The SMILES string of the molecule is [2H]c1ccc2cc(-c3cccc(-c4c5ccccc5c(-c5cccc6sc7cc([2H])ccc7c56)c5ccccc45)c3)ccc2c1. The van der Waals surface area contributed by atoms with E-state index in [0.29, 0.717) is 12.1 Å². The first kappa shape index (κ1) is 22.4. The highest BCUT2D eigenvalue weighted by molar-refractivity contribution is 7.25. The van der Waals surface area contributed by atoms with Gasteiger partial charge in [0.05, 0.1) is 2.74 Å². The van der Waals surface area contributed by atoms with E-state index in [4.69, 9.17) is 2.74 Å². The maximum absolute atomic E-state index is 8.20. The summed E-state index contributed by atoms with van der Waals surface area (Å²) in [5.74, 6) is 0. The highest BCUT2D eigenvalue weighted by atomic mass is 32.1. The van der Waals surface area contributed by atoms with Crippen LogP contribution in [0.25, 0.3) is 85.9 Å². The van der Waals surface area contributed by atoms with Gasteiger partial charge in [0.2, 0.25) is 0 Å². The molecule has 1 heteroatoms. The molecule has 0 nitrogen and oxygen atoms in total. The molecule has 0 aliphatic heterocycles. The standard InChI is InChI=1S/C42H26S/c1-2-12-28-25-30(24-23-27(28)11-1)29-13-9-14-31(26-29)40-32-15-3-5-17-34(32)41(35-18-6-4-16-33(35)40)37-20-10-22-39-42(37)36-19-7-8-21-38(36)43-39/h1-26H/i1D,8D. The van der Waals surface area contributed by atoms with Crippen molar-refractivity contribution >= 4 is 63.8 Å². The predicted octanol–water partition coefficient (Wildman–Crippen LogP) is 12.5. The van der Waals surface area contributed by atoms with Crippen molar-refractivity contribution in [3.63, 3.8) is 0 Å². The van der Waals surface area contributed by atoms with Crippen LogP contribution in [0.15, 0.2) is 158 Å². The molecular formula is C42H26S. The molecule has 0 unspecified atom stereocenters. The summed E-state index contributed by atoms with van der Waals surface area (Å²) in [7, 11) is 0. The van der Waals surface area contributed by atoms with E-state index in [0.717, 1.165) is 15.5 Å². The molecule has 8 aromatic carbocycles. The summed E-state index contributed by atoms with van der Waals surface area (Å²) in [5.41, 5.74) is 7.26. The normalized spacial score (nSPS) is 12.4. The van der Waals surface area contributed by atoms with Gasteiger partial charge in [-0.3, -0.25) is 0 Å². The lowest BCUT2D eigenvalue weighted by atomic mass is 9.84. The molecular weight excluding hydrogens is 537 g/mol. The predicted molar refractivity (Wildman–Crippen MR) is 188 cm³/mol. The average molecular weight is 565 g/mol. The summed E-state index contributed by atoms with van der Waals surface area (Å²) in [6, 6.07) is 52.6. The number of thiophene rings is 1. The van der Waals surface area contributed by atoms with E-state index in [1.165, 1.54) is 70.4 Å². The Balaban J connectivity index is 1.32. The van der Waals surface area contributed by atoms with E-state index in [2.05, 4.69) is 115 Å². The minimum absolute atomic E-state index is 0.532. The molecule has 0 saturated heterocycles. The summed E-state index contributed by atoms with van der Waals surface area (Å²) in [6.45, 7) is 0. The zero-order valence-electron chi connectivity index (χ0n) is 25.3. The van der Waals surface area contributed by atoms with Crippen LogP contribution in [0.4, 0.5) is 0 Å². The van der Waals surface area contributed by atoms with Gasteiger partial charge < -0.3 is 0 Å².